The first-order valence-electron chi connectivity index (χ1n) is 8.29. The fourth-order valence-corrected chi connectivity index (χ4v) is 3.21. The van der Waals surface area contributed by atoms with Gasteiger partial charge in [-0.05, 0) is 44.6 Å². The molecule has 2 rings (SSSR count). The van der Waals surface area contributed by atoms with Gasteiger partial charge in [-0.15, -0.1) is 0 Å². The van der Waals surface area contributed by atoms with Gasteiger partial charge in [0.25, 0.3) is 0 Å². The molecule has 4 heteroatoms. The molecule has 2 aliphatic carbocycles. The topological polar surface area (TPSA) is 58.6 Å². The van der Waals surface area contributed by atoms with Crippen LogP contribution in [0.5, 0.6) is 0 Å². The number of hydrogen-bond donors (Lipinski definition) is 2. The van der Waals surface area contributed by atoms with Gasteiger partial charge in [0.05, 0.1) is 12.7 Å². The van der Waals surface area contributed by atoms with Crippen molar-refractivity contribution in [2.24, 2.45) is 5.92 Å². The minimum atomic E-state index is -0.845. The van der Waals surface area contributed by atoms with E-state index in [1.54, 1.807) is 0 Å². The predicted molar refractivity (Wildman–Crippen MR) is 78.8 cm³/mol. The lowest BCUT2D eigenvalue weighted by Gasteiger charge is -2.32. The molecular weight excluding hydrogens is 254 g/mol. The van der Waals surface area contributed by atoms with Crippen molar-refractivity contribution in [3.05, 3.63) is 0 Å². The molecule has 1 unspecified atom stereocenters. The zero-order valence-corrected chi connectivity index (χ0v) is 12.7. The second-order valence-electron chi connectivity index (χ2n) is 6.40. The fraction of sp³-hybridized carbons (Fsp3) is 0.938. The second kappa shape index (κ2) is 7.41. The van der Waals surface area contributed by atoms with Crippen LogP contribution in [0.15, 0.2) is 0 Å². The largest absolute Gasteiger partial charge is 0.480 e. The number of nitrogens with one attached hydrogen (secondary N) is 1. The summed E-state index contributed by atoms with van der Waals surface area (Å²) in [6.45, 7) is 3.15. The van der Waals surface area contributed by atoms with Gasteiger partial charge >= 0.3 is 5.97 Å². The molecule has 116 valence electrons. The lowest BCUT2D eigenvalue weighted by Crippen LogP contribution is -2.58. The highest BCUT2D eigenvalue weighted by Crippen LogP contribution is 2.40. The number of carbonyl (C=O) groups is 1. The lowest BCUT2D eigenvalue weighted by atomic mass is 9.93. The average Bonchev–Trinajstić information content (AvgIpc) is 3.26. The van der Waals surface area contributed by atoms with Gasteiger partial charge in [-0.3, -0.25) is 10.1 Å². The molecule has 0 aromatic rings. The summed E-state index contributed by atoms with van der Waals surface area (Å²) >= 11 is 0. The summed E-state index contributed by atoms with van der Waals surface area (Å²) in [7, 11) is 0. The van der Waals surface area contributed by atoms with E-state index < -0.39 is 11.5 Å². The van der Waals surface area contributed by atoms with Crippen molar-refractivity contribution in [3.8, 4) is 0 Å². The zero-order valence-electron chi connectivity index (χ0n) is 12.7. The van der Waals surface area contributed by atoms with E-state index in [1.165, 1.54) is 25.7 Å². The van der Waals surface area contributed by atoms with E-state index in [4.69, 9.17) is 4.74 Å². The van der Waals surface area contributed by atoms with Crippen molar-refractivity contribution in [2.75, 3.05) is 13.2 Å². The van der Waals surface area contributed by atoms with Gasteiger partial charge in [0.2, 0.25) is 0 Å². The lowest BCUT2D eigenvalue weighted by molar-refractivity contribution is -0.150. The van der Waals surface area contributed by atoms with E-state index in [-0.39, 0.29) is 12.0 Å². The first-order valence-corrected chi connectivity index (χ1v) is 8.29. The number of rotatable bonds is 8. The summed E-state index contributed by atoms with van der Waals surface area (Å²) in [6, 6.07) is 0. The SMILES string of the molecule is CCCNC(COC1CCCCCC1)(C(=O)O)C1CC1. The molecule has 2 fully saturated rings. The summed E-state index contributed by atoms with van der Waals surface area (Å²) in [4.78, 5) is 11.8. The van der Waals surface area contributed by atoms with Crippen LogP contribution in [0.1, 0.15) is 64.7 Å². The third-order valence-corrected chi connectivity index (χ3v) is 4.70. The maximum Gasteiger partial charge on any atom is 0.326 e. The fourth-order valence-electron chi connectivity index (χ4n) is 3.21. The zero-order chi connectivity index (χ0) is 14.4. The van der Waals surface area contributed by atoms with E-state index in [1.807, 2.05) is 0 Å². The van der Waals surface area contributed by atoms with Crippen LogP contribution in [0.4, 0.5) is 0 Å². The highest BCUT2D eigenvalue weighted by molar-refractivity contribution is 5.80. The van der Waals surface area contributed by atoms with E-state index in [2.05, 4.69) is 12.2 Å². The molecule has 0 aliphatic heterocycles. The number of ether oxygens (including phenoxy) is 1. The molecule has 0 amide bonds. The van der Waals surface area contributed by atoms with Gasteiger partial charge in [0.15, 0.2) is 0 Å². The van der Waals surface area contributed by atoms with Crippen LogP contribution in [0.25, 0.3) is 0 Å². The number of hydrogen-bond acceptors (Lipinski definition) is 3. The summed E-state index contributed by atoms with van der Waals surface area (Å²) in [6.07, 6.45) is 10.4. The monoisotopic (exact) mass is 283 g/mol. The third kappa shape index (κ3) is 3.95. The van der Waals surface area contributed by atoms with Gasteiger partial charge in [-0.2, -0.15) is 0 Å². The van der Waals surface area contributed by atoms with Crippen LogP contribution in [0, 0.1) is 5.92 Å². The maximum absolute atomic E-state index is 11.8. The Kier molecular flexibility index (Phi) is 5.85. The van der Waals surface area contributed by atoms with E-state index in [9.17, 15) is 9.90 Å². The molecular formula is C16H29NO3. The Morgan fingerprint density at radius 1 is 1.20 bits per heavy atom. The number of carboxylic acid groups (broad SMARTS) is 1. The Morgan fingerprint density at radius 3 is 2.35 bits per heavy atom. The molecule has 2 saturated carbocycles. The minimum absolute atomic E-state index is 0.248. The van der Waals surface area contributed by atoms with Crippen molar-refractivity contribution >= 4 is 5.97 Å². The predicted octanol–water partition coefficient (Wildman–Crippen LogP) is 2.96. The van der Waals surface area contributed by atoms with Gasteiger partial charge in [0.1, 0.15) is 5.54 Å². The van der Waals surface area contributed by atoms with Crippen molar-refractivity contribution < 1.29 is 14.6 Å². The average molecular weight is 283 g/mol. The van der Waals surface area contributed by atoms with Crippen LogP contribution >= 0.6 is 0 Å². The van der Waals surface area contributed by atoms with Gasteiger partial charge in [-0.25, -0.2) is 0 Å². The smallest absolute Gasteiger partial charge is 0.326 e. The first-order chi connectivity index (χ1) is 9.69. The van der Waals surface area contributed by atoms with Crippen LogP contribution in [0.2, 0.25) is 0 Å². The summed E-state index contributed by atoms with van der Waals surface area (Å²) in [5.41, 5.74) is -0.845. The Hall–Kier alpha value is -0.610. The van der Waals surface area contributed by atoms with Gasteiger partial charge in [0, 0.05) is 0 Å². The Bertz CT molecular complexity index is 309. The Labute approximate surface area is 122 Å². The van der Waals surface area contributed by atoms with Crippen LogP contribution in [0.3, 0.4) is 0 Å². The highest BCUT2D eigenvalue weighted by Gasteiger charge is 2.51. The Balaban J connectivity index is 1.93. The van der Waals surface area contributed by atoms with Crippen molar-refractivity contribution in [3.63, 3.8) is 0 Å². The van der Waals surface area contributed by atoms with Crippen molar-refractivity contribution in [1.29, 1.82) is 0 Å². The molecule has 0 heterocycles. The van der Waals surface area contributed by atoms with Gasteiger partial charge in [-0.1, -0.05) is 32.6 Å². The summed E-state index contributed by atoms with van der Waals surface area (Å²) < 4.78 is 6.04. The standard InChI is InChI=1S/C16H29NO3/c1-2-11-17-16(15(18)19,13-9-10-13)12-20-14-7-5-3-4-6-8-14/h13-14,17H,2-12H2,1H3,(H,18,19). The minimum Gasteiger partial charge on any atom is -0.480 e. The maximum atomic E-state index is 11.8. The first kappa shape index (κ1) is 15.8. The van der Waals surface area contributed by atoms with Crippen LogP contribution in [-0.4, -0.2) is 35.9 Å². The van der Waals surface area contributed by atoms with E-state index >= 15 is 0 Å². The van der Waals surface area contributed by atoms with Gasteiger partial charge < -0.3 is 9.84 Å². The molecule has 4 nitrogen and oxygen atoms in total. The molecule has 0 saturated heterocycles. The van der Waals surface area contributed by atoms with Crippen LogP contribution in [-0.2, 0) is 9.53 Å². The quantitative estimate of drug-likeness (QED) is 0.672. The number of aliphatic carboxylic acids is 1. The molecule has 0 aromatic heterocycles. The van der Waals surface area contributed by atoms with E-state index in [0.29, 0.717) is 6.61 Å². The van der Waals surface area contributed by atoms with Crippen molar-refractivity contribution in [1.82, 2.24) is 5.32 Å². The molecule has 0 radical (unpaired) electrons. The molecule has 0 aromatic carbocycles. The normalized spacial score (nSPS) is 24.1. The molecule has 2 aliphatic rings. The third-order valence-electron chi connectivity index (χ3n) is 4.70. The van der Waals surface area contributed by atoms with E-state index in [0.717, 1.165) is 38.6 Å². The highest BCUT2D eigenvalue weighted by atomic mass is 16.5. The number of carboxylic acids is 1. The summed E-state index contributed by atoms with van der Waals surface area (Å²) in [5, 5.41) is 13.0. The molecule has 0 bridgehead atoms. The Morgan fingerprint density at radius 2 is 1.85 bits per heavy atom. The molecule has 2 N–H and O–H groups in total. The molecule has 1 atom stereocenters. The second-order valence-corrected chi connectivity index (χ2v) is 6.40. The molecule has 20 heavy (non-hydrogen) atoms. The molecule has 0 spiro atoms. The summed E-state index contributed by atoms with van der Waals surface area (Å²) in [5.74, 6) is -0.487. The van der Waals surface area contributed by atoms with Crippen LogP contribution < -0.4 is 5.32 Å². The van der Waals surface area contributed by atoms with Crippen molar-refractivity contribution in [2.45, 2.75) is 76.4 Å².